The van der Waals surface area contributed by atoms with Gasteiger partial charge in [0.15, 0.2) is 17.5 Å². The van der Waals surface area contributed by atoms with Gasteiger partial charge in [-0.15, -0.1) is 24.0 Å². The lowest BCUT2D eigenvalue weighted by Gasteiger charge is -2.28. The van der Waals surface area contributed by atoms with Crippen molar-refractivity contribution >= 4 is 29.9 Å². The Morgan fingerprint density at radius 3 is 2.32 bits per heavy atom. The molecule has 0 aromatic heterocycles. The molecule has 0 saturated carbocycles. The Morgan fingerprint density at radius 2 is 1.80 bits per heavy atom. The summed E-state index contributed by atoms with van der Waals surface area (Å²) < 4.78 is 13.4. The lowest BCUT2D eigenvalue weighted by Crippen LogP contribution is -2.47. The molecule has 0 aliphatic carbocycles. The number of nitrogens with one attached hydrogen (secondary N) is 2. The molecule has 1 rings (SSSR count). The number of hydrogen-bond donors (Lipinski definition) is 4. The predicted molar refractivity (Wildman–Crippen MR) is 111 cm³/mol. The first-order chi connectivity index (χ1) is 11.4. The highest BCUT2D eigenvalue weighted by molar-refractivity contribution is 14.0. The molecule has 0 aliphatic heterocycles. The van der Waals surface area contributed by atoms with E-state index in [4.69, 9.17) is 0 Å². The third kappa shape index (κ3) is 8.71. The number of phenols is 1. The summed E-state index contributed by atoms with van der Waals surface area (Å²) in [4.78, 5) is 4.41. The van der Waals surface area contributed by atoms with Crippen molar-refractivity contribution in [3.05, 3.63) is 29.6 Å². The number of aliphatic hydroxyl groups is 1. The first-order valence-corrected chi connectivity index (χ1v) is 8.66. The molecule has 5 nitrogen and oxygen atoms in total. The van der Waals surface area contributed by atoms with Crippen LogP contribution in [-0.4, -0.2) is 34.9 Å². The third-order valence-electron chi connectivity index (χ3n) is 3.79. The van der Waals surface area contributed by atoms with Crippen LogP contribution >= 0.6 is 24.0 Å². The fourth-order valence-corrected chi connectivity index (χ4v) is 2.64. The first kappa shape index (κ1) is 23.9. The molecule has 25 heavy (non-hydrogen) atoms. The minimum Gasteiger partial charge on any atom is -0.505 e. The van der Waals surface area contributed by atoms with Crippen LogP contribution < -0.4 is 10.6 Å². The van der Waals surface area contributed by atoms with Crippen molar-refractivity contribution in [3.63, 3.8) is 0 Å². The zero-order chi connectivity index (χ0) is 18.0. The number of phenolic OH excluding ortho intramolecular Hbond substituents is 1. The van der Waals surface area contributed by atoms with Crippen molar-refractivity contribution in [1.82, 2.24) is 10.6 Å². The number of rotatable bonds is 9. The SMILES string of the molecule is CCCC(O)(CCC)CNC(=NCc1ccc(O)c(F)c1)NCC.I. The van der Waals surface area contributed by atoms with Crippen molar-refractivity contribution in [1.29, 1.82) is 0 Å². The van der Waals surface area contributed by atoms with Gasteiger partial charge in [-0.05, 0) is 37.5 Å². The quantitative estimate of drug-likeness (QED) is 0.255. The number of hydrogen-bond acceptors (Lipinski definition) is 3. The van der Waals surface area contributed by atoms with E-state index < -0.39 is 11.4 Å². The fourth-order valence-electron chi connectivity index (χ4n) is 2.64. The van der Waals surface area contributed by atoms with E-state index in [1.54, 1.807) is 6.07 Å². The normalized spacial score (nSPS) is 11.8. The highest BCUT2D eigenvalue weighted by atomic mass is 127. The number of guanidine groups is 1. The van der Waals surface area contributed by atoms with Gasteiger partial charge in [0, 0.05) is 13.1 Å². The fraction of sp³-hybridized carbons (Fsp3) is 0.611. The summed E-state index contributed by atoms with van der Waals surface area (Å²) in [5, 5.41) is 26.2. The van der Waals surface area contributed by atoms with Gasteiger partial charge in [0.05, 0.1) is 12.1 Å². The van der Waals surface area contributed by atoms with Crippen LogP contribution in [0.4, 0.5) is 4.39 Å². The maximum absolute atomic E-state index is 13.4. The van der Waals surface area contributed by atoms with Gasteiger partial charge >= 0.3 is 0 Å². The summed E-state index contributed by atoms with van der Waals surface area (Å²) >= 11 is 0. The minimum atomic E-state index is -0.746. The standard InChI is InChI=1S/C18H30FN3O2.HI/c1-4-9-18(24,10-5-2)13-22-17(20-6-3)21-12-14-7-8-16(23)15(19)11-14;/h7-8,11,23-24H,4-6,9-10,12-13H2,1-3H3,(H2,20,21,22);1H. The van der Waals surface area contributed by atoms with Gasteiger partial charge in [0.1, 0.15) is 0 Å². The van der Waals surface area contributed by atoms with Crippen LogP contribution in [0.25, 0.3) is 0 Å². The Kier molecular flexibility index (Phi) is 11.8. The van der Waals surface area contributed by atoms with Gasteiger partial charge in [0.25, 0.3) is 0 Å². The molecule has 0 aliphatic rings. The lowest BCUT2D eigenvalue weighted by atomic mass is 9.93. The van der Waals surface area contributed by atoms with Crippen LogP contribution in [0.3, 0.4) is 0 Å². The Morgan fingerprint density at radius 1 is 1.16 bits per heavy atom. The van der Waals surface area contributed by atoms with E-state index in [-0.39, 0.29) is 36.3 Å². The molecule has 0 atom stereocenters. The number of aromatic hydroxyl groups is 1. The van der Waals surface area contributed by atoms with E-state index in [0.29, 0.717) is 24.6 Å². The molecule has 0 unspecified atom stereocenters. The number of benzene rings is 1. The van der Waals surface area contributed by atoms with Crippen LogP contribution in [-0.2, 0) is 6.54 Å². The predicted octanol–water partition coefficient (Wildman–Crippen LogP) is 3.54. The molecule has 0 heterocycles. The van der Waals surface area contributed by atoms with E-state index in [2.05, 4.69) is 29.5 Å². The maximum Gasteiger partial charge on any atom is 0.191 e. The molecule has 0 spiro atoms. The van der Waals surface area contributed by atoms with Crippen molar-refractivity contribution in [2.75, 3.05) is 13.1 Å². The Hall–Kier alpha value is -1.09. The van der Waals surface area contributed by atoms with Crippen LogP contribution in [0.1, 0.15) is 52.0 Å². The zero-order valence-corrected chi connectivity index (χ0v) is 17.6. The summed E-state index contributed by atoms with van der Waals surface area (Å²) in [6.07, 6.45) is 3.30. The number of aliphatic imine (C=N–C) groups is 1. The van der Waals surface area contributed by atoms with E-state index >= 15 is 0 Å². The van der Waals surface area contributed by atoms with Crippen LogP contribution in [0.15, 0.2) is 23.2 Å². The average molecular weight is 467 g/mol. The largest absolute Gasteiger partial charge is 0.505 e. The Bertz CT molecular complexity index is 535. The molecule has 1 aromatic rings. The summed E-state index contributed by atoms with van der Waals surface area (Å²) in [5.74, 6) is -0.436. The van der Waals surface area contributed by atoms with Gasteiger partial charge in [-0.2, -0.15) is 0 Å². The van der Waals surface area contributed by atoms with Crippen LogP contribution in [0.2, 0.25) is 0 Å². The summed E-state index contributed by atoms with van der Waals surface area (Å²) in [6.45, 7) is 7.47. The number of halogens is 2. The third-order valence-corrected chi connectivity index (χ3v) is 3.79. The van der Waals surface area contributed by atoms with E-state index in [1.165, 1.54) is 12.1 Å². The monoisotopic (exact) mass is 467 g/mol. The molecule has 0 saturated heterocycles. The molecule has 0 fully saturated rings. The van der Waals surface area contributed by atoms with E-state index in [0.717, 1.165) is 25.7 Å². The second-order valence-electron chi connectivity index (χ2n) is 6.06. The Labute approximate surface area is 167 Å². The maximum atomic E-state index is 13.4. The molecule has 0 amide bonds. The van der Waals surface area contributed by atoms with Crippen LogP contribution in [0.5, 0.6) is 5.75 Å². The number of nitrogens with zero attached hydrogens (tertiary/aromatic N) is 1. The van der Waals surface area contributed by atoms with Crippen LogP contribution in [0, 0.1) is 5.82 Å². The van der Waals surface area contributed by atoms with E-state index in [1.807, 2.05) is 6.92 Å². The van der Waals surface area contributed by atoms with Gasteiger partial charge < -0.3 is 20.8 Å². The first-order valence-electron chi connectivity index (χ1n) is 8.66. The highest BCUT2D eigenvalue weighted by Gasteiger charge is 2.24. The van der Waals surface area contributed by atoms with Crippen molar-refractivity contribution in [2.24, 2.45) is 4.99 Å². The summed E-state index contributed by atoms with van der Waals surface area (Å²) in [5.41, 5.74) is -0.0791. The van der Waals surface area contributed by atoms with Crippen molar-refractivity contribution in [3.8, 4) is 5.75 Å². The van der Waals surface area contributed by atoms with Gasteiger partial charge in [0.2, 0.25) is 0 Å². The van der Waals surface area contributed by atoms with Gasteiger partial charge in [-0.1, -0.05) is 32.8 Å². The van der Waals surface area contributed by atoms with Crippen molar-refractivity contribution < 1.29 is 14.6 Å². The molecule has 7 heteroatoms. The average Bonchev–Trinajstić information content (AvgIpc) is 2.54. The minimum absolute atomic E-state index is 0. The molecule has 4 N–H and O–H groups in total. The molecular weight excluding hydrogens is 436 g/mol. The smallest absolute Gasteiger partial charge is 0.191 e. The zero-order valence-electron chi connectivity index (χ0n) is 15.3. The molecule has 0 radical (unpaired) electrons. The van der Waals surface area contributed by atoms with Gasteiger partial charge in [-0.3, -0.25) is 0 Å². The summed E-state index contributed by atoms with van der Waals surface area (Å²) in [7, 11) is 0. The molecule has 144 valence electrons. The second-order valence-corrected chi connectivity index (χ2v) is 6.06. The van der Waals surface area contributed by atoms with E-state index in [9.17, 15) is 14.6 Å². The Balaban J connectivity index is 0.00000576. The van der Waals surface area contributed by atoms with Crippen molar-refractivity contribution in [2.45, 2.75) is 58.6 Å². The molecule has 1 aromatic carbocycles. The summed E-state index contributed by atoms with van der Waals surface area (Å²) in [6, 6.07) is 4.23. The topological polar surface area (TPSA) is 76.9 Å². The lowest BCUT2D eigenvalue weighted by molar-refractivity contribution is 0.0257. The molecule has 0 bridgehead atoms. The highest BCUT2D eigenvalue weighted by Crippen LogP contribution is 2.19. The molecular formula is C18H31FIN3O2. The second kappa shape index (κ2) is 12.3. The van der Waals surface area contributed by atoms with Gasteiger partial charge in [-0.25, -0.2) is 9.38 Å².